The molecule has 1 atom stereocenters. The molecule has 1 N–H and O–H groups in total. The minimum Gasteiger partial charge on any atom is -0.460 e. The Kier molecular flexibility index (Phi) is 3.12. The van der Waals surface area contributed by atoms with Gasteiger partial charge in [-0.15, -0.1) is 0 Å². The highest BCUT2D eigenvalue weighted by molar-refractivity contribution is 5.87. The fourth-order valence-corrected chi connectivity index (χ4v) is 3.62. The molecule has 5 nitrogen and oxygen atoms in total. The zero-order valence-electron chi connectivity index (χ0n) is 13.9. The van der Waals surface area contributed by atoms with Gasteiger partial charge < -0.3 is 19.2 Å². The molecule has 2 aliphatic rings. The maximum Gasteiger partial charge on any atom is 0.229 e. The molecule has 0 bridgehead atoms. The summed E-state index contributed by atoms with van der Waals surface area (Å²) in [5.74, 6) is 1.09. The van der Waals surface area contributed by atoms with E-state index < -0.39 is 6.29 Å². The first kappa shape index (κ1) is 14.5. The van der Waals surface area contributed by atoms with Crippen LogP contribution in [-0.2, 0) is 6.42 Å². The van der Waals surface area contributed by atoms with E-state index in [-0.39, 0.29) is 0 Å². The summed E-state index contributed by atoms with van der Waals surface area (Å²) in [4.78, 5) is 6.71. The summed E-state index contributed by atoms with van der Waals surface area (Å²) in [6, 6.07) is 11.7. The molecule has 126 valence electrons. The molecule has 0 radical (unpaired) electrons. The van der Waals surface area contributed by atoms with Crippen molar-refractivity contribution in [2.24, 2.45) is 0 Å². The zero-order valence-corrected chi connectivity index (χ0v) is 13.9. The number of ether oxygens (including phenoxy) is 1. The average molecular weight is 334 g/mol. The number of benzene rings is 2. The van der Waals surface area contributed by atoms with Crippen LogP contribution in [0.15, 0.2) is 40.8 Å². The summed E-state index contributed by atoms with van der Waals surface area (Å²) >= 11 is 0. The predicted octanol–water partition coefficient (Wildman–Crippen LogP) is 3.46. The largest absolute Gasteiger partial charge is 0.460 e. The van der Waals surface area contributed by atoms with Crippen molar-refractivity contribution < 1.29 is 14.3 Å². The molecule has 0 saturated carbocycles. The summed E-state index contributed by atoms with van der Waals surface area (Å²) in [6.45, 7) is 1.04. The molecule has 0 amide bonds. The smallest absolute Gasteiger partial charge is 0.229 e. The fraction of sp³-hybridized carbons (Fsp3) is 0.250. The van der Waals surface area contributed by atoms with Crippen molar-refractivity contribution in [2.75, 3.05) is 18.5 Å². The van der Waals surface area contributed by atoms with Crippen LogP contribution in [-0.4, -0.2) is 30.0 Å². The van der Waals surface area contributed by atoms with Gasteiger partial charge in [0.15, 0.2) is 5.58 Å². The van der Waals surface area contributed by atoms with Crippen molar-refractivity contribution in [2.45, 2.75) is 19.1 Å². The molecule has 1 aromatic heterocycles. The van der Waals surface area contributed by atoms with Crippen LogP contribution in [0.2, 0.25) is 0 Å². The zero-order chi connectivity index (χ0) is 17.0. The van der Waals surface area contributed by atoms with E-state index in [1.165, 1.54) is 11.3 Å². The van der Waals surface area contributed by atoms with Gasteiger partial charge in [-0.25, -0.2) is 4.98 Å². The third-order valence-corrected chi connectivity index (χ3v) is 4.92. The van der Waals surface area contributed by atoms with Gasteiger partial charge in [0.05, 0.1) is 5.57 Å². The quantitative estimate of drug-likeness (QED) is 0.738. The second kappa shape index (κ2) is 5.36. The number of oxazole rings is 1. The van der Waals surface area contributed by atoms with Crippen LogP contribution in [0.5, 0.6) is 5.75 Å². The Labute approximate surface area is 145 Å². The summed E-state index contributed by atoms with van der Waals surface area (Å²) in [6.07, 6.45) is 3.03. The Morgan fingerprint density at radius 3 is 3.00 bits per heavy atom. The van der Waals surface area contributed by atoms with Gasteiger partial charge in [0.2, 0.25) is 12.2 Å². The van der Waals surface area contributed by atoms with Crippen molar-refractivity contribution in [3.63, 3.8) is 0 Å². The lowest BCUT2D eigenvalue weighted by atomic mass is 9.96. The van der Waals surface area contributed by atoms with E-state index in [1.54, 1.807) is 0 Å². The third-order valence-electron chi connectivity index (χ3n) is 4.92. The number of para-hydroxylation sites is 2. The molecular weight excluding hydrogens is 316 g/mol. The number of aryl methyl sites for hydroxylation is 1. The minimum atomic E-state index is -1.09. The number of fused-ring (bicyclic) bond motifs is 3. The normalized spacial score (nSPS) is 19.2. The number of nitrogens with zero attached hydrogens (tertiary/aromatic N) is 2. The number of rotatable bonds is 1. The number of aliphatic hydroxyl groups is 1. The Balaban J connectivity index is 1.62. The summed E-state index contributed by atoms with van der Waals surface area (Å²) in [7, 11) is 2.09. The maximum atomic E-state index is 10.5. The number of anilines is 1. The molecule has 2 aliphatic heterocycles. The van der Waals surface area contributed by atoms with Crippen LogP contribution in [0.4, 0.5) is 5.69 Å². The molecule has 25 heavy (non-hydrogen) atoms. The Bertz CT molecular complexity index is 972. The van der Waals surface area contributed by atoms with Crippen LogP contribution in [0.1, 0.15) is 23.4 Å². The van der Waals surface area contributed by atoms with Gasteiger partial charge in [-0.05, 0) is 42.7 Å². The molecule has 5 rings (SSSR count). The first-order chi connectivity index (χ1) is 12.2. The summed E-state index contributed by atoms with van der Waals surface area (Å²) in [5, 5.41) is 10.5. The third kappa shape index (κ3) is 2.31. The van der Waals surface area contributed by atoms with Gasteiger partial charge in [-0.3, -0.25) is 0 Å². The van der Waals surface area contributed by atoms with Crippen molar-refractivity contribution in [1.82, 2.24) is 4.98 Å². The maximum absolute atomic E-state index is 10.5. The second-order valence-corrected chi connectivity index (χ2v) is 6.60. The molecule has 0 fully saturated rings. The van der Waals surface area contributed by atoms with Gasteiger partial charge in [-0.2, -0.15) is 0 Å². The lowest BCUT2D eigenvalue weighted by Crippen LogP contribution is -2.26. The van der Waals surface area contributed by atoms with E-state index in [2.05, 4.69) is 23.0 Å². The molecule has 1 unspecified atom stereocenters. The Hall–Kier alpha value is -2.79. The van der Waals surface area contributed by atoms with Crippen molar-refractivity contribution in [3.05, 3.63) is 53.4 Å². The van der Waals surface area contributed by atoms with Crippen LogP contribution >= 0.6 is 0 Å². The van der Waals surface area contributed by atoms with Gasteiger partial charge in [0, 0.05) is 30.9 Å². The Morgan fingerprint density at radius 1 is 1.24 bits per heavy atom. The van der Waals surface area contributed by atoms with E-state index in [0.29, 0.717) is 22.8 Å². The van der Waals surface area contributed by atoms with Gasteiger partial charge in [-0.1, -0.05) is 12.1 Å². The lowest BCUT2D eigenvalue weighted by Gasteiger charge is -2.30. The van der Waals surface area contributed by atoms with E-state index >= 15 is 0 Å². The van der Waals surface area contributed by atoms with E-state index in [1.807, 2.05) is 36.4 Å². The van der Waals surface area contributed by atoms with E-state index in [0.717, 1.165) is 30.5 Å². The van der Waals surface area contributed by atoms with E-state index in [4.69, 9.17) is 9.15 Å². The van der Waals surface area contributed by atoms with Crippen LogP contribution < -0.4 is 9.64 Å². The van der Waals surface area contributed by atoms with Crippen LogP contribution in [0.25, 0.3) is 22.7 Å². The number of aliphatic hydroxyl groups excluding tert-OH is 1. The van der Waals surface area contributed by atoms with Crippen molar-refractivity contribution >= 4 is 28.4 Å². The average Bonchev–Trinajstić information content (AvgIpc) is 3.04. The SMILES string of the molecule is CN1CCCc2cc3c(cc21)OC(O)C(c1nc2ccccc2o1)=C3. The predicted molar refractivity (Wildman–Crippen MR) is 96.5 cm³/mol. The highest BCUT2D eigenvalue weighted by atomic mass is 16.6. The summed E-state index contributed by atoms with van der Waals surface area (Å²) < 4.78 is 11.6. The van der Waals surface area contributed by atoms with Crippen LogP contribution in [0, 0.1) is 0 Å². The number of hydrogen-bond donors (Lipinski definition) is 1. The lowest BCUT2D eigenvalue weighted by molar-refractivity contribution is 0.0305. The van der Waals surface area contributed by atoms with E-state index in [9.17, 15) is 5.11 Å². The fourth-order valence-electron chi connectivity index (χ4n) is 3.62. The standard InChI is InChI=1S/C20H18N2O3/c1-22-8-4-5-12-9-13-10-14(20(23)25-18(13)11-16(12)22)19-21-15-6-2-3-7-17(15)24-19/h2-3,6-7,9-11,20,23H,4-5,8H2,1H3. The highest BCUT2D eigenvalue weighted by Gasteiger charge is 2.27. The van der Waals surface area contributed by atoms with Crippen LogP contribution in [0.3, 0.4) is 0 Å². The molecular formula is C20H18N2O3. The molecule has 2 aromatic carbocycles. The number of aromatic nitrogens is 1. The van der Waals surface area contributed by atoms with Gasteiger partial charge >= 0.3 is 0 Å². The monoisotopic (exact) mass is 334 g/mol. The van der Waals surface area contributed by atoms with Crippen molar-refractivity contribution in [1.29, 1.82) is 0 Å². The highest BCUT2D eigenvalue weighted by Crippen LogP contribution is 2.39. The van der Waals surface area contributed by atoms with Crippen molar-refractivity contribution in [3.8, 4) is 5.75 Å². The van der Waals surface area contributed by atoms with Gasteiger partial charge in [0.1, 0.15) is 11.3 Å². The second-order valence-electron chi connectivity index (χ2n) is 6.60. The first-order valence-electron chi connectivity index (χ1n) is 8.49. The summed E-state index contributed by atoms with van der Waals surface area (Å²) in [5.41, 5.74) is 5.45. The van der Waals surface area contributed by atoms with Gasteiger partial charge in [0.25, 0.3) is 0 Å². The molecule has 3 heterocycles. The molecule has 0 aliphatic carbocycles. The Morgan fingerprint density at radius 2 is 2.12 bits per heavy atom. The molecule has 0 spiro atoms. The first-order valence-corrected chi connectivity index (χ1v) is 8.49. The topological polar surface area (TPSA) is 58.7 Å². The molecule has 0 saturated heterocycles. The minimum absolute atomic E-state index is 0.397. The number of hydrogen-bond acceptors (Lipinski definition) is 5. The molecule has 5 heteroatoms. The molecule has 3 aromatic rings.